The lowest BCUT2D eigenvalue weighted by molar-refractivity contribution is -0.138. The summed E-state index contributed by atoms with van der Waals surface area (Å²) in [4.78, 5) is 24.9. The molecule has 0 saturated heterocycles. The van der Waals surface area contributed by atoms with Crippen molar-refractivity contribution in [3.8, 4) is 11.5 Å². The Labute approximate surface area is 155 Å². The van der Waals surface area contributed by atoms with E-state index in [-0.39, 0.29) is 12.4 Å². The van der Waals surface area contributed by atoms with Gasteiger partial charge >= 0.3 is 11.9 Å². The molecule has 0 aliphatic heterocycles. The van der Waals surface area contributed by atoms with Gasteiger partial charge in [0.25, 0.3) is 0 Å². The van der Waals surface area contributed by atoms with E-state index in [2.05, 4.69) is 18.7 Å². The number of rotatable bonds is 9. The molecular formula is C18H26ClNO5. The second-order valence-corrected chi connectivity index (χ2v) is 5.03. The fourth-order valence-corrected chi connectivity index (χ4v) is 2.05. The third-order valence-electron chi connectivity index (χ3n) is 3.40. The Hall–Kier alpha value is -2.05. The Morgan fingerprint density at radius 3 is 2.40 bits per heavy atom. The van der Waals surface area contributed by atoms with E-state index in [0.717, 1.165) is 25.2 Å². The summed E-state index contributed by atoms with van der Waals surface area (Å²) in [5.41, 5.74) is 0.739. The van der Waals surface area contributed by atoms with Crippen molar-refractivity contribution in [3.63, 3.8) is 0 Å². The van der Waals surface area contributed by atoms with Gasteiger partial charge in [0.1, 0.15) is 6.61 Å². The number of carbonyl (C=O) groups excluding carboxylic acids is 2. The molecule has 1 rings (SSSR count). The molecule has 0 aromatic heterocycles. The molecule has 0 radical (unpaired) electrons. The van der Waals surface area contributed by atoms with Crippen LogP contribution in [0, 0.1) is 0 Å². The topological polar surface area (TPSA) is 65.1 Å². The van der Waals surface area contributed by atoms with Crippen LogP contribution in [0.25, 0.3) is 6.08 Å². The van der Waals surface area contributed by atoms with Gasteiger partial charge in [-0.15, -0.1) is 12.4 Å². The van der Waals surface area contributed by atoms with Crippen molar-refractivity contribution in [3.05, 3.63) is 29.8 Å². The molecule has 7 heteroatoms. The number of carbonyl (C=O) groups is 2. The molecule has 0 fully saturated rings. The molecular weight excluding hydrogens is 346 g/mol. The lowest BCUT2D eigenvalue weighted by Crippen LogP contribution is -2.27. The van der Waals surface area contributed by atoms with Gasteiger partial charge in [0.2, 0.25) is 0 Å². The lowest BCUT2D eigenvalue weighted by Gasteiger charge is -2.17. The number of esters is 2. The number of hydrogen-bond donors (Lipinski definition) is 0. The summed E-state index contributed by atoms with van der Waals surface area (Å²) >= 11 is 0. The first-order chi connectivity index (χ1) is 11.5. The smallest absolute Gasteiger partial charge is 0.330 e. The van der Waals surface area contributed by atoms with E-state index in [4.69, 9.17) is 14.2 Å². The van der Waals surface area contributed by atoms with Crippen LogP contribution < -0.4 is 9.47 Å². The van der Waals surface area contributed by atoms with Crippen LogP contribution in [0.3, 0.4) is 0 Å². The van der Waals surface area contributed by atoms with Crippen LogP contribution in [0.1, 0.15) is 26.3 Å². The van der Waals surface area contributed by atoms with Gasteiger partial charge in [-0.25, -0.2) is 4.79 Å². The molecule has 140 valence electrons. The molecule has 25 heavy (non-hydrogen) atoms. The first kappa shape index (κ1) is 22.9. The van der Waals surface area contributed by atoms with E-state index in [9.17, 15) is 9.59 Å². The largest absolute Gasteiger partial charge is 0.493 e. The Morgan fingerprint density at radius 1 is 1.16 bits per heavy atom. The van der Waals surface area contributed by atoms with E-state index in [1.54, 1.807) is 24.3 Å². The average Bonchev–Trinajstić information content (AvgIpc) is 2.57. The number of hydrogen-bond acceptors (Lipinski definition) is 6. The molecule has 0 unspecified atom stereocenters. The van der Waals surface area contributed by atoms with Crippen LogP contribution >= 0.6 is 12.4 Å². The maximum absolute atomic E-state index is 11.7. The molecule has 0 N–H and O–H groups in total. The Balaban J connectivity index is 0.00000576. The van der Waals surface area contributed by atoms with Crippen LogP contribution in [0.5, 0.6) is 11.5 Å². The van der Waals surface area contributed by atoms with Crippen molar-refractivity contribution in [2.75, 3.05) is 33.4 Å². The minimum Gasteiger partial charge on any atom is -0.493 e. The third-order valence-corrected chi connectivity index (χ3v) is 3.40. The van der Waals surface area contributed by atoms with Crippen molar-refractivity contribution in [1.29, 1.82) is 0 Å². The second kappa shape index (κ2) is 12.3. The maximum Gasteiger partial charge on any atom is 0.330 e. The van der Waals surface area contributed by atoms with Crippen LogP contribution in [-0.4, -0.2) is 50.2 Å². The highest BCUT2D eigenvalue weighted by Gasteiger charge is 2.07. The summed E-state index contributed by atoms with van der Waals surface area (Å²) < 4.78 is 15.4. The average molecular weight is 372 g/mol. The molecule has 0 atom stereocenters. The van der Waals surface area contributed by atoms with E-state index < -0.39 is 11.9 Å². The van der Waals surface area contributed by atoms with Crippen molar-refractivity contribution in [1.82, 2.24) is 4.90 Å². The number of methoxy groups -OCH3 is 1. The molecule has 1 aromatic rings. The van der Waals surface area contributed by atoms with Gasteiger partial charge in [0.15, 0.2) is 11.5 Å². The number of benzene rings is 1. The van der Waals surface area contributed by atoms with Crippen LogP contribution in [0.2, 0.25) is 0 Å². The second-order valence-electron chi connectivity index (χ2n) is 5.03. The molecule has 0 saturated carbocycles. The maximum atomic E-state index is 11.7. The molecule has 0 heterocycles. The van der Waals surface area contributed by atoms with Crippen molar-refractivity contribution < 1.29 is 23.8 Å². The van der Waals surface area contributed by atoms with Gasteiger partial charge in [-0.3, -0.25) is 4.79 Å². The number of ether oxygens (including phenoxy) is 3. The Morgan fingerprint density at radius 2 is 1.84 bits per heavy atom. The van der Waals surface area contributed by atoms with Crippen molar-refractivity contribution >= 4 is 30.4 Å². The van der Waals surface area contributed by atoms with Gasteiger partial charge in [0, 0.05) is 19.5 Å². The summed E-state index contributed by atoms with van der Waals surface area (Å²) in [6.07, 6.45) is 2.99. The van der Waals surface area contributed by atoms with Gasteiger partial charge in [0.05, 0.1) is 7.11 Å². The molecule has 6 nitrogen and oxygen atoms in total. The zero-order chi connectivity index (χ0) is 17.9. The van der Waals surface area contributed by atoms with E-state index in [0.29, 0.717) is 18.1 Å². The molecule has 0 aliphatic carbocycles. The SMILES string of the molecule is CCN(CC)CCOC(=O)/C=C\c1ccc(OC(C)=O)c(OC)c1.Cl. The summed E-state index contributed by atoms with van der Waals surface area (Å²) in [7, 11) is 1.48. The fourth-order valence-electron chi connectivity index (χ4n) is 2.05. The van der Waals surface area contributed by atoms with Crippen molar-refractivity contribution in [2.24, 2.45) is 0 Å². The quantitative estimate of drug-likeness (QED) is 0.378. The van der Waals surface area contributed by atoms with Gasteiger partial charge in [-0.1, -0.05) is 19.9 Å². The van der Waals surface area contributed by atoms with Crippen molar-refractivity contribution in [2.45, 2.75) is 20.8 Å². The number of halogens is 1. The standard InChI is InChI=1S/C18H25NO5.ClH/c1-5-19(6-2)11-12-23-18(21)10-8-15-7-9-16(24-14(3)20)17(13-15)22-4;/h7-10,13H,5-6,11-12H2,1-4H3;1H/b10-8-;. The van der Waals surface area contributed by atoms with E-state index >= 15 is 0 Å². The molecule has 0 amide bonds. The first-order valence-electron chi connectivity index (χ1n) is 7.93. The molecule has 0 bridgehead atoms. The normalized spacial score (nSPS) is 10.4. The highest BCUT2D eigenvalue weighted by molar-refractivity contribution is 5.87. The van der Waals surface area contributed by atoms with Gasteiger partial charge < -0.3 is 19.1 Å². The van der Waals surface area contributed by atoms with Crippen LogP contribution in [-0.2, 0) is 14.3 Å². The van der Waals surface area contributed by atoms with Crippen LogP contribution in [0.15, 0.2) is 24.3 Å². The monoisotopic (exact) mass is 371 g/mol. The molecule has 0 aliphatic rings. The summed E-state index contributed by atoms with van der Waals surface area (Å²) in [6, 6.07) is 5.02. The van der Waals surface area contributed by atoms with Crippen LogP contribution in [0.4, 0.5) is 0 Å². The third kappa shape index (κ3) is 8.56. The number of likely N-dealkylation sites (N-methyl/N-ethyl adjacent to an activating group) is 1. The highest BCUT2D eigenvalue weighted by atomic mass is 35.5. The minimum atomic E-state index is -0.423. The van der Waals surface area contributed by atoms with Gasteiger partial charge in [-0.2, -0.15) is 0 Å². The van der Waals surface area contributed by atoms with Gasteiger partial charge in [-0.05, 0) is 36.9 Å². The zero-order valence-electron chi connectivity index (χ0n) is 15.1. The Kier molecular flexibility index (Phi) is 11.3. The lowest BCUT2D eigenvalue weighted by atomic mass is 10.2. The minimum absolute atomic E-state index is 0. The summed E-state index contributed by atoms with van der Waals surface area (Å²) in [5.74, 6) is -0.0650. The summed E-state index contributed by atoms with van der Waals surface area (Å²) in [6.45, 7) is 8.39. The fraction of sp³-hybridized carbons (Fsp3) is 0.444. The molecule has 1 aromatic carbocycles. The highest BCUT2D eigenvalue weighted by Crippen LogP contribution is 2.28. The Bertz CT molecular complexity index is 585. The first-order valence-corrected chi connectivity index (χ1v) is 7.93. The zero-order valence-corrected chi connectivity index (χ0v) is 15.9. The van der Waals surface area contributed by atoms with E-state index in [1.807, 2.05) is 0 Å². The van der Waals surface area contributed by atoms with E-state index in [1.165, 1.54) is 20.1 Å². The summed E-state index contributed by atoms with van der Waals surface area (Å²) in [5, 5.41) is 0. The predicted molar refractivity (Wildman–Crippen MR) is 99.3 cm³/mol. The number of nitrogens with zero attached hydrogens (tertiary/aromatic N) is 1. The predicted octanol–water partition coefficient (Wildman–Crippen LogP) is 2.94. The molecule has 0 spiro atoms.